The molecule has 220 valence electrons. The molecule has 0 aromatic heterocycles. The lowest BCUT2D eigenvalue weighted by molar-refractivity contribution is -0.140. The third-order valence-electron chi connectivity index (χ3n) is 6.76. The molecule has 0 radical (unpaired) electrons. The molecule has 0 saturated carbocycles. The van der Waals surface area contributed by atoms with E-state index in [2.05, 4.69) is 5.32 Å². The number of carbonyl (C=O) groups excluding carboxylic acids is 2. The second kappa shape index (κ2) is 13.5. The molecule has 0 aliphatic carbocycles. The van der Waals surface area contributed by atoms with Gasteiger partial charge in [-0.2, -0.15) is 0 Å². The first-order chi connectivity index (χ1) is 19.2. The second-order valence-electron chi connectivity index (χ2n) is 11.2. The van der Waals surface area contributed by atoms with Gasteiger partial charge in [0.05, 0.1) is 10.6 Å². The Balaban J connectivity index is 2.06. The van der Waals surface area contributed by atoms with Crippen LogP contribution in [-0.2, 0) is 26.0 Å². The highest BCUT2D eigenvalue weighted by molar-refractivity contribution is 7.92. The minimum atomic E-state index is -4.16. The zero-order valence-corrected chi connectivity index (χ0v) is 26.2. The van der Waals surface area contributed by atoms with Crippen molar-refractivity contribution in [2.45, 2.75) is 70.9 Å². The number of carbonyl (C=O) groups is 2. The molecule has 0 aliphatic heterocycles. The second-order valence-corrected chi connectivity index (χ2v) is 13.5. The van der Waals surface area contributed by atoms with E-state index in [9.17, 15) is 18.0 Å². The van der Waals surface area contributed by atoms with E-state index in [4.69, 9.17) is 11.6 Å². The van der Waals surface area contributed by atoms with Gasteiger partial charge in [0.15, 0.2) is 0 Å². The SMILES string of the molecule is CC[C@H](C(=O)NC(C)(C)C)N(CCc1ccccc1)C(=O)CN(c1cccc(Cl)c1C)S(=O)(=O)c1ccc(C)cc1. The Morgan fingerprint density at radius 2 is 1.56 bits per heavy atom. The van der Waals surface area contributed by atoms with Gasteiger partial charge in [-0.15, -0.1) is 0 Å². The van der Waals surface area contributed by atoms with Gasteiger partial charge in [-0.3, -0.25) is 13.9 Å². The van der Waals surface area contributed by atoms with Crippen LogP contribution in [0.2, 0.25) is 5.02 Å². The van der Waals surface area contributed by atoms with Crippen molar-refractivity contribution in [2.24, 2.45) is 0 Å². The predicted octanol–water partition coefficient (Wildman–Crippen LogP) is 5.92. The van der Waals surface area contributed by atoms with E-state index in [0.717, 1.165) is 15.4 Å². The zero-order chi connectivity index (χ0) is 30.4. The summed E-state index contributed by atoms with van der Waals surface area (Å²) in [5, 5.41) is 3.37. The van der Waals surface area contributed by atoms with Crippen molar-refractivity contribution in [1.29, 1.82) is 0 Å². The predicted molar refractivity (Wildman–Crippen MR) is 166 cm³/mol. The largest absolute Gasteiger partial charge is 0.350 e. The Morgan fingerprint density at radius 3 is 2.15 bits per heavy atom. The van der Waals surface area contributed by atoms with Gasteiger partial charge in [-0.1, -0.05) is 72.6 Å². The molecule has 0 unspecified atom stereocenters. The molecule has 7 nitrogen and oxygen atoms in total. The molecule has 0 heterocycles. The van der Waals surface area contributed by atoms with E-state index in [1.165, 1.54) is 17.0 Å². The number of halogens is 1. The lowest BCUT2D eigenvalue weighted by Gasteiger charge is -2.35. The quantitative estimate of drug-likeness (QED) is 0.297. The van der Waals surface area contributed by atoms with Gasteiger partial charge >= 0.3 is 0 Å². The zero-order valence-electron chi connectivity index (χ0n) is 24.6. The van der Waals surface area contributed by atoms with Crippen molar-refractivity contribution in [3.8, 4) is 0 Å². The highest BCUT2D eigenvalue weighted by Crippen LogP contribution is 2.31. The lowest BCUT2D eigenvalue weighted by atomic mass is 10.1. The number of benzene rings is 3. The number of amides is 2. The molecule has 1 atom stereocenters. The van der Waals surface area contributed by atoms with Crippen LogP contribution in [0.3, 0.4) is 0 Å². The van der Waals surface area contributed by atoms with Crippen LogP contribution in [0.5, 0.6) is 0 Å². The number of rotatable bonds is 11. The molecule has 1 N–H and O–H groups in total. The number of hydrogen-bond acceptors (Lipinski definition) is 4. The van der Waals surface area contributed by atoms with Crippen LogP contribution in [0.25, 0.3) is 0 Å². The van der Waals surface area contributed by atoms with E-state index in [1.54, 1.807) is 37.3 Å². The molecule has 41 heavy (non-hydrogen) atoms. The van der Waals surface area contributed by atoms with Gasteiger partial charge in [0.2, 0.25) is 11.8 Å². The Kier molecular flexibility index (Phi) is 10.6. The molecule has 9 heteroatoms. The third kappa shape index (κ3) is 8.33. The average molecular weight is 598 g/mol. The van der Waals surface area contributed by atoms with E-state index in [1.807, 2.05) is 65.0 Å². The minimum Gasteiger partial charge on any atom is -0.350 e. The standard InChI is InChI=1S/C32H40ClN3O4S/c1-7-28(31(38)34-32(4,5)6)35(21-20-25-12-9-8-10-13-25)30(37)22-36(29-15-11-14-27(33)24(29)3)41(39,40)26-18-16-23(2)17-19-26/h8-19,28H,7,20-22H2,1-6H3,(H,34,38)/t28-/m1/s1. The highest BCUT2D eigenvalue weighted by atomic mass is 35.5. The summed E-state index contributed by atoms with van der Waals surface area (Å²) in [6.45, 7) is 10.8. The molecule has 0 spiro atoms. The third-order valence-corrected chi connectivity index (χ3v) is 8.95. The van der Waals surface area contributed by atoms with E-state index in [-0.39, 0.29) is 17.3 Å². The van der Waals surface area contributed by atoms with Gasteiger partial charge in [0.25, 0.3) is 10.0 Å². The van der Waals surface area contributed by atoms with Crippen LogP contribution in [0, 0.1) is 13.8 Å². The average Bonchev–Trinajstić information content (AvgIpc) is 2.91. The van der Waals surface area contributed by atoms with Crippen LogP contribution in [0.4, 0.5) is 5.69 Å². The molecule has 0 fully saturated rings. The first-order valence-electron chi connectivity index (χ1n) is 13.7. The van der Waals surface area contributed by atoms with Gasteiger partial charge in [-0.05, 0) is 82.9 Å². The normalized spacial score (nSPS) is 12.5. The van der Waals surface area contributed by atoms with E-state index in [0.29, 0.717) is 29.1 Å². The lowest BCUT2D eigenvalue weighted by Crippen LogP contribution is -2.56. The number of hydrogen-bond donors (Lipinski definition) is 1. The molecule has 0 bridgehead atoms. The number of sulfonamides is 1. The Hall–Kier alpha value is -3.36. The van der Waals surface area contributed by atoms with E-state index >= 15 is 0 Å². The maximum absolute atomic E-state index is 14.2. The fourth-order valence-corrected chi connectivity index (χ4v) is 6.21. The molecule has 0 saturated heterocycles. The highest BCUT2D eigenvalue weighted by Gasteiger charge is 2.35. The topological polar surface area (TPSA) is 86.8 Å². The number of nitrogens with zero attached hydrogens (tertiary/aromatic N) is 2. The molecule has 0 aliphatic rings. The summed E-state index contributed by atoms with van der Waals surface area (Å²) in [5.41, 5.74) is 2.25. The summed E-state index contributed by atoms with van der Waals surface area (Å²) in [6.07, 6.45) is 0.871. The van der Waals surface area contributed by atoms with E-state index < -0.39 is 34.1 Å². The summed E-state index contributed by atoms with van der Waals surface area (Å²) in [6, 6.07) is 20.4. The summed E-state index contributed by atoms with van der Waals surface area (Å²) >= 11 is 6.40. The van der Waals surface area contributed by atoms with Gasteiger partial charge in [0.1, 0.15) is 12.6 Å². The molecular formula is C32H40ClN3O4S. The Bertz CT molecular complexity index is 1450. The van der Waals surface area contributed by atoms with Crippen LogP contribution >= 0.6 is 11.6 Å². The van der Waals surface area contributed by atoms with Crippen molar-refractivity contribution in [2.75, 3.05) is 17.4 Å². The summed E-state index contributed by atoms with van der Waals surface area (Å²) in [5.74, 6) is -0.764. The monoisotopic (exact) mass is 597 g/mol. The fraction of sp³-hybridized carbons (Fsp3) is 0.375. The van der Waals surface area contributed by atoms with Crippen molar-refractivity contribution in [3.63, 3.8) is 0 Å². The molecule has 3 aromatic carbocycles. The molecular weight excluding hydrogens is 558 g/mol. The first-order valence-corrected chi connectivity index (χ1v) is 15.6. The van der Waals surface area contributed by atoms with Crippen LogP contribution in [0.15, 0.2) is 77.7 Å². The van der Waals surface area contributed by atoms with Gasteiger partial charge in [-0.25, -0.2) is 8.42 Å². The summed E-state index contributed by atoms with van der Waals surface area (Å²) in [7, 11) is -4.16. The smallest absolute Gasteiger partial charge is 0.264 e. The van der Waals surface area contributed by atoms with Crippen molar-refractivity contribution in [3.05, 3.63) is 94.5 Å². The Labute approximate surface area is 249 Å². The first kappa shape index (κ1) is 32.2. The fourth-order valence-electron chi connectivity index (χ4n) is 4.57. The minimum absolute atomic E-state index is 0.0589. The maximum Gasteiger partial charge on any atom is 0.264 e. The molecule has 3 rings (SSSR count). The Morgan fingerprint density at radius 1 is 0.927 bits per heavy atom. The number of aryl methyl sites for hydroxylation is 1. The molecule has 2 amide bonds. The number of anilines is 1. The number of nitrogens with one attached hydrogen (secondary N) is 1. The van der Waals surface area contributed by atoms with Gasteiger partial charge < -0.3 is 10.2 Å². The van der Waals surface area contributed by atoms with Crippen molar-refractivity contribution >= 4 is 39.1 Å². The van der Waals surface area contributed by atoms with Crippen LogP contribution in [-0.4, -0.2) is 49.8 Å². The van der Waals surface area contributed by atoms with Crippen molar-refractivity contribution < 1.29 is 18.0 Å². The van der Waals surface area contributed by atoms with Crippen molar-refractivity contribution in [1.82, 2.24) is 10.2 Å². The van der Waals surface area contributed by atoms with Gasteiger partial charge in [0, 0.05) is 17.1 Å². The van der Waals surface area contributed by atoms with Crippen LogP contribution in [0.1, 0.15) is 50.8 Å². The summed E-state index contributed by atoms with van der Waals surface area (Å²) < 4.78 is 29.2. The summed E-state index contributed by atoms with van der Waals surface area (Å²) in [4.78, 5) is 29.1. The molecule has 3 aromatic rings. The maximum atomic E-state index is 14.2. The van der Waals surface area contributed by atoms with Crippen LogP contribution < -0.4 is 9.62 Å².